The molecule has 0 bridgehead atoms. The molecule has 23 heavy (non-hydrogen) atoms. The van der Waals surface area contributed by atoms with Crippen LogP contribution >= 0.6 is 0 Å². The highest BCUT2D eigenvalue weighted by Gasteiger charge is 2.39. The summed E-state index contributed by atoms with van der Waals surface area (Å²) in [5.74, 6) is -0.619. The summed E-state index contributed by atoms with van der Waals surface area (Å²) in [7, 11) is 0. The second kappa shape index (κ2) is 6.39. The number of aromatic nitrogens is 2. The fourth-order valence-electron chi connectivity index (χ4n) is 2.59. The molecule has 8 heteroatoms. The van der Waals surface area contributed by atoms with Gasteiger partial charge in [0, 0.05) is 37.2 Å². The molecule has 8 nitrogen and oxygen atoms in total. The largest absolute Gasteiger partial charge is 0.354 e. The normalized spacial score (nSPS) is 18.3. The van der Waals surface area contributed by atoms with Crippen LogP contribution in [0.2, 0.25) is 0 Å². The Morgan fingerprint density at radius 3 is 2.61 bits per heavy atom. The first kappa shape index (κ1) is 17.0. The maximum Gasteiger partial charge on any atom is 0.265 e. The number of hydrogen-bond acceptors (Lipinski definition) is 4. The highest BCUT2D eigenvalue weighted by molar-refractivity contribution is 5.89. The van der Waals surface area contributed by atoms with Gasteiger partial charge in [0.1, 0.15) is 0 Å². The van der Waals surface area contributed by atoms with Crippen LogP contribution in [0.1, 0.15) is 27.2 Å². The van der Waals surface area contributed by atoms with Crippen molar-refractivity contribution in [3.8, 4) is 0 Å². The van der Waals surface area contributed by atoms with Gasteiger partial charge in [-0.1, -0.05) is 0 Å². The number of nitrogens with zero attached hydrogens (tertiary/aromatic N) is 2. The van der Waals surface area contributed by atoms with E-state index in [1.807, 2.05) is 20.8 Å². The first-order valence-electron chi connectivity index (χ1n) is 7.57. The van der Waals surface area contributed by atoms with Gasteiger partial charge in [-0.05, 0) is 20.8 Å². The van der Waals surface area contributed by atoms with Gasteiger partial charge in [0.15, 0.2) is 0 Å². The van der Waals surface area contributed by atoms with Crippen LogP contribution in [-0.4, -0.2) is 45.1 Å². The number of carbonyl (C=O) groups is 2. The summed E-state index contributed by atoms with van der Waals surface area (Å²) >= 11 is 0. The molecule has 0 radical (unpaired) electrons. The van der Waals surface area contributed by atoms with Gasteiger partial charge in [0.2, 0.25) is 11.8 Å². The van der Waals surface area contributed by atoms with E-state index in [9.17, 15) is 19.2 Å². The van der Waals surface area contributed by atoms with Gasteiger partial charge in [0.05, 0.1) is 12.5 Å². The molecule has 1 saturated heterocycles. The Labute approximate surface area is 133 Å². The van der Waals surface area contributed by atoms with Crippen LogP contribution in [0.15, 0.2) is 21.7 Å². The predicted octanol–water partition coefficient (Wildman–Crippen LogP) is -0.700. The lowest BCUT2D eigenvalue weighted by Crippen LogP contribution is -2.43. The minimum Gasteiger partial charge on any atom is -0.354 e. The summed E-state index contributed by atoms with van der Waals surface area (Å²) in [4.78, 5) is 48.5. The number of aromatic amines is 1. The molecule has 1 fully saturated rings. The lowest BCUT2D eigenvalue weighted by atomic mass is 10.1. The van der Waals surface area contributed by atoms with E-state index in [4.69, 9.17) is 0 Å². The average Bonchev–Trinajstić information content (AvgIpc) is 2.84. The molecule has 1 atom stereocenters. The molecule has 2 N–H and O–H groups in total. The number of likely N-dealkylation sites (tertiary alicyclic amines) is 1. The molecule has 1 unspecified atom stereocenters. The molecule has 2 heterocycles. The highest BCUT2D eigenvalue weighted by atomic mass is 16.2. The number of amides is 2. The van der Waals surface area contributed by atoms with Gasteiger partial charge in [-0.2, -0.15) is 0 Å². The van der Waals surface area contributed by atoms with Crippen molar-refractivity contribution >= 4 is 11.8 Å². The third-order valence-electron chi connectivity index (χ3n) is 3.83. The summed E-state index contributed by atoms with van der Waals surface area (Å²) < 4.78 is 1.14. The number of rotatable bonds is 4. The van der Waals surface area contributed by atoms with E-state index in [1.165, 1.54) is 6.07 Å². The highest BCUT2D eigenvalue weighted by Crippen LogP contribution is 2.25. The Balaban J connectivity index is 1.89. The average molecular weight is 322 g/mol. The van der Waals surface area contributed by atoms with Crippen LogP contribution in [-0.2, 0) is 16.1 Å². The zero-order valence-electron chi connectivity index (χ0n) is 13.6. The smallest absolute Gasteiger partial charge is 0.265 e. The molecule has 2 rings (SSSR count). The Morgan fingerprint density at radius 2 is 2.00 bits per heavy atom. The number of H-pyrrole nitrogens is 1. The molecule has 126 valence electrons. The third kappa shape index (κ3) is 4.08. The fourth-order valence-corrected chi connectivity index (χ4v) is 2.59. The zero-order valence-corrected chi connectivity index (χ0v) is 13.6. The first-order chi connectivity index (χ1) is 10.7. The van der Waals surface area contributed by atoms with Gasteiger partial charge in [-0.3, -0.25) is 24.3 Å². The summed E-state index contributed by atoms with van der Waals surface area (Å²) in [6.45, 7) is 6.58. The summed E-state index contributed by atoms with van der Waals surface area (Å²) in [5.41, 5.74) is -1.02. The van der Waals surface area contributed by atoms with Crippen molar-refractivity contribution in [2.45, 2.75) is 39.3 Å². The topological polar surface area (TPSA) is 104 Å². The minimum absolute atomic E-state index is 0.0266. The van der Waals surface area contributed by atoms with Crippen molar-refractivity contribution in [1.29, 1.82) is 0 Å². The number of nitrogens with one attached hydrogen (secondary N) is 2. The summed E-state index contributed by atoms with van der Waals surface area (Å²) in [6, 6.07) is 2.33. The van der Waals surface area contributed by atoms with Crippen LogP contribution in [0, 0.1) is 5.92 Å². The van der Waals surface area contributed by atoms with Gasteiger partial charge in [-0.15, -0.1) is 0 Å². The number of hydrogen-bond donors (Lipinski definition) is 2. The van der Waals surface area contributed by atoms with Gasteiger partial charge < -0.3 is 10.2 Å². The molecule has 1 aliphatic rings. The van der Waals surface area contributed by atoms with Crippen molar-refractivity contribution in [2.24, 2.45) is 5.92 Å². The van der Waals surface area contributed by atoms with Gasteiger partial charge >= 0.3 is 0 Å². The molecular weight excluding hydrogens is 300 g/mol. The zero-order chi connectivity index (χ0) is 17.2. The maximum absolute atomic E-state index is 12.2. The SMILES string of the molecule is CC(C)(C)N1CC(C(=O)NCCn2[nH]c(=O)ccc2=O)CC1=O. The van der Waals surface area contributed by atoms with E-state index in [-0.39, 0.29) is 53.9 Å². The van der Waals surface area contributed by atoms with Crippen LogP contribution in [0.3, 0.4) is 0 Å². The Hall–Kier alpha value is -2.38. The van der Waals surface area contributed by atoms with Crippen molar-refractivity contribution < 1.29 is 9.59 Å². The van der Waals surface area contributed by atoms with Gasteiger partial charge in [-0.25, -0.2) is 4.68 Å². The second-order valence-corrected chi connectivity index (χ2v) is 6.67. The molecular formula is C15H22N4O4. The Bertz CT molecular complexity index is 713. The van der Waals surface area contributed by atoms with Crippen molar-refractivity contribution in [2.75, 3.05) is 13.1 Å². The fraction of sp³-hybridized carbons (Fsp3) is 0.600. The molecule has 0 spiro atoms. The monoisotopic (exact) mass is 322 g/mol. The molecule has 0 aliphatic carbocycles. The Kier molecular flexibility index (Phi) is 4.72. The van der Waals surface area contributed by atoms with E-state index in [0.717, 1.165) is 10.7 Å². The molecule has 1 aliphatic heterocycles. The van der Waals surface area contributed by atoms with E-state index in [1.54, 1.807) is 4.90 Å². The van der Waals surface area contributed by atoms with Crippen molar-refractivity contribution in [1.82, 2.24) is 20.0 Å². The quantitative estimate of drug-likeness (QED) is 0.765. The van der Waals surface area contributed by atoms with E-state index in [0.29, 0.717) is 6.54 Å². The van der Waals surface area contributed by atoms with E-state index in [2.05, 4.69) is 10.4 Å². The van der Waals surface area contributed by atoms with Gasteiger partial charge in [0.25, 0.3) is 11.1 Å². The molecule has 0 aromatic carbocycles. The summed E-state index contributed by atoms with van der Waals surface area (Å²) in [6.07, 6.45) is 0.200. The van der Waals surface area contributed by atoms with Crippen LogP contribution in [0.4, 0.5) is 0 Å². The van der Waals surface area contributed by atoms with Crippen LogP contribution in [0.5, 0.6) is 0 Å². The van der Waals surface area contributed by atoms with Crippen molar-refractivity contribution in [3.63, 3.8) is 0 Å². The van der Waals surface area contributed by atoms with Crippen LogP contribution < -0.4 is 16.4 Å². The lowest BCUT2D eigenvalue weighted by Gasteiger charge is -2.31. The van der Waals surface area contributed by atoms with E-state index >= 15 is 0 Å². The third-order valence-corrected chi connectivity index (χ3v) is 3.83. The number of carbonyl (C=O) groups excluding carboxylic acids is 2. The maximum atomic E-state index is 12.2. The molecule has 2 amide bonds. The first-order valence-corrected chi connectivity index (χ1v) is 7.57. The van der Waals surface area contributed by atoms with Crippen molar-refractivity contribution in [3.05, 3.63) is 32.8 Å². The molecule has 0 saturated carbocycles. The summed E-state index contributed by atoms with van der Waals surface area (Å²) in [5, 5.41) is 5.10. The predicted molar refractivity (Wildman–Crippen MR) is 83.9 cm³/mol. The lowest BCUT2D eigenvalue weighted by molar-refractivity contribution is -0.132. The minimum atomic E-state index is -0.381. The molecule has 1 aromatic rings. The standard InChI is InChI=1S/C15H22N4O4/c1-15(2,3)18-9-10(8-13(18)22)14(23)16-6-7-19-12(21)5-4-11(20)17-19/h4-5,10H,6-9H2,1-3H3,(H,16,23)(H,17,20). The van der Waals surface area contributed by atoms with E-state index < -0.39 is 0 Å². The second-order valence-electron chi connectivity index (χ2n) is 6.67. The van der Waals surface area contributed by atoms with Crippen LogP contribution in [0.25, 0.3) is 0 Å². The molecule has 1 aromatic heterocycles. The Morgan fingerprint density at radius 1 is 1.30 bits per heavy atom.